The van der Waals surface area contributed by atoms with Gasteiger partial charge in [-0.1, -0.05) is 6.42 Å². The number of hydrogen-bond donors (Lipinski definition) is 5. The van der Waals surface area contributed by atoms with Crippen molar-refractivity contribution >= 4 is 17.3 Å². The predicted molar refractivity (Wildman–Crippen MR) is 89.6 cm³/mol. The molecule has 23 heavy (non-hydrogen) atoms. The topological polar surface area (TPSA) is 142 Å². The highest BCUT2D eigenvalue weighted by Gasteiger charge is 2.48. The van der Waals surface area contributed by atoms with Gasteiger partial charge < -0.3 is 21.5 Å². The van der Waals surface area contributed by atoms with Crippen molar-refractivity contribution in [3.63, 3.8) is 0 Å². The van der Waals surface area contributed by atoms with Crippen LogP contribution in [0.15, 0.2) is 0 Å². The normalized spacial score (nSPS) is 32.0. The summed E-state index contributed by atoms with van der Waals surface area (Å²) < 4.78 is 29.2. The van der Waals surface area contributed by atoms with Crippen LogP contribution in [-0.2, 0) is 10.2 Å². The molecule has 1 heterocycles. The van der Waals surface area contributed by atoms with E-state index >= 15 is 0 Å². The van der Waals surface area contributed by atoms with E-state index in [0.29, 0.717) is 19.4 Å². The average molecular weight is 348 g/mol. The number of nitrogens with two attached hydrogens (primary N) is 2. The highest BCUT2D eigenvalue weighted by molar-refractivity contribution is 7.87. The minimum Gasteiger partial charge on any atom is -0.427 e. The Morgan fingerprint density at radius 1 is 1.39 bits per heavy atom. The predicted octanol–water partition coefficient (Wildman–Crippen LogP) is -1.40. The van der Waals surface area contributed by atoms with E-state index in [-0.39, 0.29) is 24.8 Å². The Kier molecular flexibility index (Phi) is 5.47. The van der Waals surface area contributed by atoms with Gasteiger partial charge in [-0.2, -0.15) is 17.4 Å². The summed E-state index contributed by atoms with van der Waals surface area (Å²) in [5.74, 6) is -0.0131. The SMILES string of the molecule is CC(NS(=O)(=O)N1C[C@H](CCCB(O)O)[C@@](C)(N)C1)C1(N)CC1. The molecule has 0 amide bonds. The van der Waals surface area contributed by atoms with Gasteiger partial charge in [0, 0.05) is 30.2 Å². The second kappa shape index (κ2) is 6.59. The highest BCUT2D eigenvalue weighted by atomic mass is 32.2. The average Bonchev–Trinajstić information content (AvgIpc) is 3.07. The molecule has 0 aromatic heterocycles. The smallest absolute Gasteiger partial charge is 0.427 e. The maximum Gasteiger partial charge on any atom is 0.451 e. The van der Waals surface area contributed by atoms with Gasteiger partial charge in [-0.25, -0.2) is 0 Å². The molecule has 10 heteroatoms. The summed E-state index contributed by atoms with van der Waals surface area (Å²) in [6.07, 6.45) is 3.19. The Labute approximate surface area is 138 Å². The summed E-state index contributed by atoms with van der Waals surface area (Å²) in [6, 6.07) is -0.305. The fourth-order valence-electron chi connectivity index (χ4n) is 3.17. The number of nitrogens with one attached hydrogen (secondary N) is 1. The van der Waals surface area contributed by atoms with Crippen molar-refractivity contribution in [2.75, 3.05) is 13.1 Å². The zero-order valence-corrected chi connectivity index (χ0v) is 14.7. The quantitative estimate of drug-likeness (QED) is 0.342. The first kappa shape index (κ1) is 19.1. The van der Waals surface area contributed by atoms with E-state index < -0.39 is 28.4 Å². The standard InChI is InChI=1S/C13H29BN4O4S/c1-10(13(16)5-6-13)17-23(21,22)18-8-11(12(2,15)9-18)4-3-7-14(19)20/h10-11,17,19-20H,3-9,15-16H2,1-2H3/t10?,11-,12-/m0/s1. The van der Waals surface area contributed by atoms with Crippen molar-refractivity contribution in [1.29, 1.82) is 0 Å². The first-order valence-electron chi connectivity index (χ1n) is 8.18. The Bertz CT molecular complexity index is 524. The van der Waals surface area contributed by atoms with Crippen LogP contribution in [0.2, 0.25) is 6.32 Å². The van der Waals surface area contributed by atoms with E-state index in [4.69, 9.17) is 21.5 Å². The minimum atomic E-state index is -3.62. The zero-order valence-electron chi connectivity index (χ0n) is 13.9. The van der Waals surface area contributed by atoms with E-state index in [9.17, 15) is 8.42 Å². The van der Waals surface area contributed by atoms with Crippen LogP contribution >= 0.6 is 0 Å². The second-order valence-corrected chi connectivity index (χ2v) is 9.19. The third kappa shape index (κ3) is 4.65. The minimum absolute atomic E-state index is 0.0131. The summed E-state index contributed by atoms with van der Waals surface area (Å²) >= 11 is 0. The lowest BCUT2D eigenvalue weighted by Gasteiger charge is -2.26. The molecule has 1 saturated carbocycles. The van der Waals surface area contributed by atoms with E-state index in [1.165, 1.54) is 4.31 Å². The molecule has 1 aliphatic heterocycles. The van der Waals surface area contributed by atoms with Gasteiger partial charge in [-0.05, 0) is 45.3 Å². The molecule has 2 fully saturated rings. The van der Waals surface area contributed by atoms with Crippen molar-refractivity contribution in [1.82, 2.24) is 9.03 Å². The molecule has 1 saturated heterocycles. The molecule has 0 spiro atoms. The van der Waals surface area contributed by atoms with Crippen LogP contribution in [0.1, 0.15) is 39.5 Å². The molecule has 2 aliphatic rings. The van der Waals surface area contributed by atoms with Crippen molar-refractivity contribution < 1.29 is 18.5 Å². The number of nitrogens with zero attached hydrogens (tertiary/aromatic N) is 1. The van der Waals surface area contributed by atoms with Crippen molar-refractivity contribution in [3.8, 4) is 0 Å². The van der Waals surface area contributed by atoms with Crippen LogP contribution in [-0.4, -0.2) is 60.1 Å². The molecular formula is C13H29BN4O4S. The molecule has 8 nitrogen and oxygen atoms in total. The lowest BCUT2D eigenvalue weighted by atomic mass is 9.79. The van der Waals surface area contributed by atoms with Crippen molar-refractivity contribution in [3.05, 3.63) is 0 Å². The first-order chi connectivity index (χ1) is 10.5. The Morgan fingerprint density at radius 3 is 2.52 bits per heavy atom. The summed E-state index contributed by atoms with van der Waals surface area (Å²) in [6.45, 7) is 4.23. The van der Waals surface area contributed by atoms with Gasteiger partial charge in [0.25, 0.3) is 10.2 Å². The largest absolute Gasteiger partial charge is 0.451 e. The van der Waals surface area contributed by atoms with Crippen molar-refractivity contribution in [2.24, 2.45) is 17.4 Å². The van der Waals surface area contributed by atoms with Gasteiger partial charge in [0.15, 0.2) is 0 Å². The molecular weight excluding hydrogens is 319 g/mol. The van der Waals surface area contributed by atoms with Gasteiger partial charge in [0.2, 0.25) is 0 Å². The third-order valence-corrected chi connectivity index (χ3v) is 6.85. The highest BCUT2D eigenvalue weighted by Crippen LogP contribution is 2.36. The number of hydrogen-bond acceptors (Lipinski definition) is 6. The van der Waals surface area contributed by atoms with Crippen LogP contribution in [0.3, 0.4) is 0 Å². The fraction of sp³-hybridized carbons (Fsp3) is 1.00. The summed E-state index contributed by atoms with van der Waals surface area (Å²) in [4.78, 5) is 0. The third-order valence-electron chi connectivity index (χ3n) is 5.24. The molecule has 1 unspecified atom stereocenters. The van der Waals surface area contributed by atoms with Crippen molar-refractivity contribution in [2.45, 2.75) is 63.0 Å². The summed E-state index contributed by atoms with van der Waals surface area (Å²) in [5.41, 5.74) is 11.3. The number of rotatable bonds is 8. The monoisotopic (exact) mass is 348 g/mol. The second-order valence-electron chi connectivity index (χ2n) is 7.48. The molecule has 7 N–H and O–H groups in total. The van der Waals surface area contributed by atoms with Gasteiger partial charge in [0.05, 0.1) is 0 Å². The van der Waals surface area contributed by atoms with Crippen LogP contribution in [0.5, 0.6) is 0 Å². The Balaban J connectivity index is 1.95. The van der Waals surface area contributed by atoms with Gasteiger partial charge in [-0.15, -0.1) is 0 Å². The van der Waals surface area contributed by atoms with Crippen LogP contribution < -0.4 is 16.2 Å². The summed E-state index contributed by atoms with van der Waals surface area (Å²) in [5, 5.41) is 17.8. The Hall–Kier alpha value is -0.225. The van der Waals surface area contributed by atoms with Gasteiger partial charge in [-0.3, -0.25) is 0 Å². The fourth-order valence-corrected chi connectivity index (χ4v) is 4.83. The zero-order chi connectivity index (χ0) is 17.5. The van der Waals surface area contributed by atoms with E-state index in [1.54, 1.807) is 6.92 Å². The van der Waals surface area contributed by atoms with Gasteiger partial charge >= 0.3 is 7.12 Å². The molecule has 0 aromatic carbocycles. The molecule has 134 valence electrons. The summed E-state index contributed by atoms with van der Waals surface area (Å²) in [7, 11) is -4.95. The van der Waals surface area contributed by atoms with Crippen LogP contribution in [0.4, 0.5) is 0 Å². The van der Waals surface area contributed by atoms with E-state index in [2.05, 4.69) is 4.72 Å². The molecule has 1 aliphatic carbocycles. The van der Waals surface area contributed by atoms with E-state index in [0.717, 1.165) is 12.8 Å². The molecule has 0 radical (unpaired) electrons. The van der Waals surface area contributed by atoms with Gasteiger partial charge in [0.1, 0.15) is 0 Å². The maximum absolute atomic E-state index is 12.6. The Morgan fingerprint density at radius 2 is 2.00 bits per heavy atom. The molecule has 0 bridgehead atoms. The first-order valence-corrected chi connectivity index (χ1v) is 9.62. The van der Waals surface area contributed by atoms with Crippen LogP contribution in [0, 0.1) is 5.92 Å². The molecule has 3 atom stereocenters. The maximum atomic E-state index is 12.6. The molecule has 2 rings (SSSR count). The van der Waals surface area contributed by atoms with E-state index in [1.807, 2.05) is 6.92 Å². The van der Waals surface area contributed by atoms with Crippen LogP contribution in [0.25, 0.3) is 0 Å². The molecule has 0 aromatic rings. The lowest BCUT2D eigenvalue weighted by Crippen LogP contribution is -2.52. The lowest BCUT2D eigenvalue weighted by molar-refractivity contribution is 0.343.